The topological polar surface area (TPSA) is 97.4 Å². The number of benzene rings is 2. The molecule has 0 spiro atoms. The van der Waals surface area contributed by atoms with Crippen molar-refractivity contribution in [1.29, 1.82) is 0 Å². The average molecular weight is 478 g/mol. The van der Waals surface area contributed by atoms with Crippen LogP contribution >= 0.6 is 11.8 Å². The van der Waals surface area contributed by atoms with Crippen LogP contribution in [0.5, 0.6) is 0 Å². The lowest BCUT2D eigenvalue weighted by Gasteiger charge is -2.10. The highest BCUT2D eigenvalue weighted by Crippen LogP contribution is 2.20. The van der Waals surface area contributed by atoms with Crippen LogP contribution in [-0.2, 0) is 27.4 Å². The molecule has 0 saturated heterocycles. The molecule has 0 aliphatic rings. The molecule has 0 bridgehead atoms. The third kappa shape index (κ3) is 8.04. The number of nitrogens with zero attached hydrogens (tertiary/aromatic N) is 1. The number of carbonyl (C=O) groups is 3. The Morgan fingerprint density at radius 3 is 1.97 bits per heavy atom. The predicted octanol–water partition coefficient (Wildman–Crippen LogP) is 3.58. The normalized spacial score (nSPS) is 10.4. The van der Waals surface area contributed by atoms with E-state index in [0.717, 1.165) is 34.0 Å². The van der Waals surface area contributed by atoms with Crippen molar-refractivity contribution in [1.82, 2.24) is 15.6 Å². The van der Waals surface area contributed by atoms with Crippen molar-refractivity contribution in [3.63, 3.8) is 0 Å². The van der Waals surface area contributed by atoms with E-state index in [1.54, 1.807) is 12.1 Å². The van der Waals surface area contributed by atoms with Gasteiger partial charge < -0.3 is 15.4 Å². The van der Waals surface area contributed by atoms with Crippen molar-refractivity contribution in [2.24, 2.45) is 0 Å². The summed E-state index contributed by atoms with van der Waals surface area (Å²) in [5, 5.41) is 5.95. The molecule has 34 heavy (non-hydrogen) atoms. The number of aryl methyl sites for hydroxylation is 2. The van der Waals surface area contributed by atoms with Crippen molar-refractivity contribution in [3.05, 3.63) is 94.7 Å². The molecule has 0 saturated carbocycles. The van der Waals surface area contributed by atoms with Gasteiger partial charge in [0.1, 0.15) is 5.03 Å². The van der Waals surface area contributed by atoms with Gasteiger partial charge in [-0.3, -0.25) is 9.59 Å². The first-order valence-corrected chi connectivity index (χ1v) is 11.8. The van der Waals surface area contributed by atoms with E-state index < -0.39 is 18.5 Å². The molecular weight excluding hydrogens is 450 g/mol. The first-order valence-electron chi connectivity index (χ1n) is 10.8. The Morgan fingerprint density at radius 1 is 0.824 bits per heavy atom. The van der Waals surface area contributed by atoms with Crippen LogP contribution in [0.1, 0.15) is 32.6 Å². The number of rotatable bonds is 10. The summed E-state index contributed by atoms with van der Waals surface area (Å²) in [5.74, 6) is -1.14. The van der Waals surface area contributed by atoms with E-state index in [-0.39, 0.29) is 17.2 Å². The molecule has 1 heterocycles. The summed E-state index contributed by atoms with van der Waals surface area (Å²) in [4.78, 5) is 41.0. The number of carbonyl (C=O) groups excluding carboxylic acids is 3. The largest absolute Gasteiger partial charge is 0.452 e. The second kappa shape index (κ2) is 12.6. The number of pyridine rings is 1. The standard InChI is InChI=1S/C26H27N3O4S/c1-18-5-9-20(10-6-18)14-28-23(30)16-33-26(32)22-4-3-13-27-25(22)34-17-24(31)29-15-21-11-7-19(2)8-12-21/h3-13H,14-17H2,1-2H3,(H,28,30)(H,29,31). The van der Waals surface area contributed by atoms with Gasteiger partial charge in [0, 0.05) is 19.3 Å². The summed E-state index contributed by atoms with van der Waals surface area (Å²) >= 11 is 1.14. The molecule has 0 unspecified atom stereocenters. The Balaban J connectivity index is 1.45. The fourth-order valence-electron chi connectivity index (χ4n) is 2.92. The van der Waals surface area contributed by atoms with Gasteiger partial charge in [-0.05, 0) is 37.1 Å². The van der Waals surface area contributed by atoms with Crippen molar-refractivity contribution in [2.45, 2.75) is 32.0 Å². The number of hydrogen-bond donors (Lipinski definition) is 2. The SMILES string of the molecule is Cc1ccc(CNC(=O)COC(=O)c2cccnc2SCC(=O)NCc2ccc(C)cc2)cc1. The fraction of sp³-hybridized carbons (Fsp3) is 0.231. The van der Waals surface area contributed by atoms with Gasteiger partial charge in [0.15, 0.2) is 6.61 Å². The Kier molecular flexibility index (Phi) is 9.22. The zero-order chi connectivity index (χ0) is 24.3. The Hall–Kier alpha value is -3.65. The van der Waals surface area contributed by atoms with Crippen molar-refractivity contribution >= 4 is 29.5 Å². The third-order valence-electron chi connectivity index (χ3n) is 4.89. The number of aromatic nitrogens is 1. The number of esters is 1. The van der Waals surface area contributed by atoms with E-state index >= 15 is 0 Å². The summed E-state index contributed by atoms with van der Waals surface area (Å²) in [5.41, 5.74) is 4.47. The highest BCUT2D eigenvalue weighted by molar-refractivity contribution is 8.00. The molecule has 7 nitrogen and oxygen atoms in total. The molecule has 0 radical (unpaired) electrons. The lowest BCUT2D eigenvalue weighted by molar-refractivity contribution is -0.124. The molecule has 1 aromatic heterocycles. The molecule has 176 valence electrons. The quantitative estimate of drug-likeness (QED) is 0.342. The second-order valence-corrected chi connectivity index (χ2v) is 8.71. The van der Waals surface area contributed by atoms with Crippen LogP contribution in [0.3, 0.4) is 0 Å². The second-order valence-electron chi connectivity index (χ2n) is 7.75. The average Bonchev–Trinajstić information content (AvgIpc) is 2.85. The van der Waals surface area contributed by atoms with Gasteiger partial charge in [0.25, 0.3) is 5.91 Å². The predicted molar refractivity (Wildman–Crippen MR) is 131 cm³/mol. The van der Waals surface area contributed by atoms with Gasteiger partial charge in [-0.1, -0.05) is 71.4 Å². The van der Waals surface area contributed by atoms with Crippen molar-refractivity contribution in [3.8, 4) is 0 Å². The Labute approximate surface area is 203 Å². The third-order valence-corrected chi connectivity index (χ3v) is 5.89. The number of nitrogens with one attached hydrogen (secondary N) is 2. The molecule has 8 heteroatoms. The molecule has 2 aromatic carbocycles. The highest BCUT2D eigenvalue weighted by atomic mass is 32.2. The van der Waals surface area contributed by atoms with E-state index in [1.165, 1.54) is 6.20 Å². The van der Waals surface area contributed by atoms with E-state index in [0.29, 0.717) is 18.1 Å². The van der Waals surface area contributed by atoms with Crippen LogP contribution < -0.4 is 10.6 Å². The van der Waals surface area contributed by atoms with Gasteiger partial charge in [-0.2, -0.15) is 0 Å². The molecule has 0 atom stereocenters. The molecule has 3 aromatic rings. The fourth-order valence-corrected chi connectivity index (χ4v) is 3.73. The van der Waals surface area contributed by atoms with E-state index in [1.807, 2.05) is 62.4 Å². The van der Waals surface area contributed by atoms with Crippen LogP contribution in [0.15, 0.2) is 71.9 Å². The van der Waals surface area contributed by atoms with Crippen LogP contribution in [-0.4, -0.2) is 35.1 Å². The van der Waals surface area contributed by atoms with Gasteiger partial charge in [0.2, 0.25) is 5.91 Å². The molecule has 0 fully saturated rings. The number of thioether (sulfide) groups is 1. The molecule has 2 N–H and O–H groups in total. The van der Waals surface area contributed by atoms with E-state index in [9.17, 15) is 14.4 Å². The minimum absolute atomic E-state index is 0.0974. The number of ether oxygens (including phenoxy) is 1. The number of amides is 2. The first-order chi connectivity index (χ1) is 16.4. The maximum absolute atomic E-state index is 12.5. The minimum atomic E-state index is -0.666. The molecular formula is C26H27N3O4S. The summed E-state index contributed by atoms with van der Waals surface area (Å²) in [6.45, 7) is 4.37. The molecule has 0 aliphatic heterocycles. The van der Waals surface area contributed by atoms with Gasteiger partial charge in [-0.15, -0.1) is 0 Å². The van der Waals surface area contributed by atoms with Crippen LogP contribution in [0.2, 0.25) is 0 Å². The number of hydrogen-bond acceptors (Lipinski definition) is 6. The van der Waals surface area contributed by atoms with Gasteiger partial charge in [-0.25, -0.2) is 9.78 Å². The van der Waals surface area contributed by atoms with Crippen LogP contribution in [0.25, 0.3) is 0 Å². The van der Waals surface area contributed by atoms with Gasteiger partial charge in [0.05, 0.1) is 11.3 Å². The monoisotopic (exact) mass is 477 g/mol. The highest BCUT2D eigenvalue weighted by Gasteiger charge is 2.17. The van der Waals surface area contributed by atoms with Crippen LogP contribution in [0.4, 0.5) is 0 Å². The maximum Gasteiger partial charge on any atom is 0.341 e. The molecule has 0 aliphatic carbocycles. The van der Waals surface area contributed by atoms with E-state index in [2.05, 4.69) is 15.6 Å². The van der Waals surface area contributed by atoms with E-state index in [4.69, 9.17) is 4.74 Å². The van der Waals surface area contributed by atoms with Crippen molar-refractivity contribution in [2.75, 3.05) is 12.4 Å². The zero-order valence-electron chi connectivity index (χ0n) is 19.2. The Bertz CT molecular complexity index is 1130. The maximum atomic E-state index is 12.5. The summed E-state index contributed by atoms with van der Waals surface area (Å²) in [6, 6.07) is 18.9. The van der Waals surface area contributed by atoms with Crippen molar-refractivity contribution < 1.29 is 19.1 Å². The lowest BCUT2D eigenvalue weighted by Crippen LogP contribution is -2.28. The smallest absolute Gasteiger partial charge is 0.341 e. The lowest BCUT2D eigenvalue weighted by atomic mass is 10.1. The van der Waals surface area contributed by atoms with Crippen LogP contribution in [0, 0.1) is 13.8 Å². The Morgan fingerprint density at radius 2 is 1.38 bits per heavy atom. The first kappa shape index (κ1) is 25.0. The molecule has 2 amide bonds. The summed E-state index contributed by atoms with van der Waals surface area (Å²) in [7, 11) is 0. The summed E-state index contributed by atoms with van der Waals surface area (Å²) in [6.07, 6.45) is 1.54. The zero-order valence-corrected chi connectivity index (χ0v) is 20.0. The van der Waals surface area contributed by atoms with Gasteiger partial charge >= 0.3 is 5.97 Å². The minimum Gasteiger partial charge on any atom is -0.452 e. The molecule has 3 rings (SSSR count). The summed E-state index contributed by atoms with van der Waals surface area (Å²) < 4.78 is 5.15.